The lowest BCUT2D eigenvalue weighted by atomic mass is 10.1. The summed E-state index contributed by atoms with van der Waals surface area (Å²) in [6.07, 6.45) is 0. The molecule has 1 fully saturated rings. The van der Waals surface area contributed by atoms with Crippen LogP contribution in [0.4, 0.5) is 5.13 Å². The van der Waals surface area contributed by atoms with E-state index in [4.69, 9.17) is 19.2 Å². The SMILES string of the molecule is CCOc1ccc(OCC(=O)N(CCN2CCOCC2)c2nc3cc(C)cc(C)c3s2)cc1. The summed E-state index contributed by atoms with van der Waals surface area (Å²) in [7, 11) is 0. The minimum atomic E-state index is -0.106. The molecule has 2 aromatic carbocycles. The van der Waals surface area contributed by atoms with Crippen LogP contribution in [-0.4, -0.2) is 68.4 Å². The number of morpholine rings is 1. The van der Waals surface area contributed by atoms with E-state index in [0.29, 0.717) is 24.0 Å². The number of hydrogen-bond donors (Lipinski definition) is 0. The summed E-state index contributed by atoms with van der Waals surface area (Å²) in [4.78, 5) is 22.2. The Morgan fingerprint density at radius 2 is 1.82 bits per heavy atom. The molecular formula is C25H31N3O4S. The van der Waals surface area contributed by atoms with Crippen LogP contribution in [0.15, 0.2) is 36.4 Å². The van der Waals surface area contributed by atoms with E-state index in [1.54, 1.807) is 16.2 Å². The Bertz CT molecular complexity index is 1080. The van der Waals surface area contributed by atoms with Crippen molar-refractivity contribution < 1.29 is 19.0 Å². The molecule has 176 valence electrons. The molecule has 0 bridgehead atoms. The van der Waals surface area contributed by atoms with Gasteiger partial charge in [-0.3, -0.25) is 14.6 Å². The summed E-state index contributed by atoms with van der Waals surface area (Å²) in [6, 6.07) is 11.6. The summed E-state index contributed by atoms with van der Waals surface area (Å²) in [5, 5.41) is 0.715. The van der Waals surface area contributed by atoms with E-state index >= 15 is 0 Å². The number of rotatable bonds is 9. The predicted octanol–water partition coefficient (Wildman–Crippen LogP) is 4.06. The van der Waals surface area contributed by atoms with Gasteiger partial charge in [0.05, 0.1) is 30.0 Å². The second-order valence-corrected chi connectivity index (χ2v) is 9.10. The molecule has 33 heavy (non-hydrogen) atoms. The number of anilines is 1. The molecule has 1 amide bonds. The minimum Gasteiger partial charge on any atom is -0.494 e. The molecule has 0 atom stereocenters. The quantitative estimate of drug-likeness (QED) is 0.471. The Labute approximate surface area is 198 Å². The van der Waals surface area contributed by atoms with Crippen LogP contribution in [0.1, 0.15) is 18.1 Å². The Kier molecular flexibility index (Phi) is 7.80. The molecule has 0 saturated carbocycles. The maximum absolute atomic E-state index is 13.3. The van der Waals surface area contributed by atoms with Gasteiger partial charge in [-0.25, -0.2) is 4.98 Å². The Morgan fingerprint density at radius 1 is 1.12 bits per heavy atom. The van der Waals surface area contributed by atoms with E-state index in [2.05, 4.69) is 30.9 Å². The third-order valence-electron chi connectivity index (χ3n) is 5.58. The number of nitrogens with zero attached hydrogens (tertiary/aromatic N) is 3. The van der Waals surface area contributed by atoms with Crippen LogP contribution in [-0.2, 0) is 9.53 Å². The van der Waals surface area contributed by atoms with Gasteiger partial charge >= 0.3 is 0 Å². The molecule has 1 aliphatic heterocycles. The summed E-state index contributed by atoms with van der Waals surface area (Å²) in [6.45, 7) is 11.2. The van der Waals surface area contributed by atoms with E-state index in [-0.39, 0.29) is 12.5 Å². The topological polar surface area (TPSA) is 64.1 Å². The van der Waals surface area contributed by atoms with Gasteiger partial charge in [-0.1, -0.05) is 17.4 Å². The van der Waals surface area contributed by atoms with E-state index in [1.165, 1.54) is 11.1 Å². The number of hydrogen-bond acceptors (Lipinski definition) is 7. The molecule has 1 saturated heterocycles. The third kappa shape index (κ3) is 6.01. The molecule has 4 rings (SSSR count). The smallest absolute Gasteiger partial charge is 0.266 e. The Morgan fingerprint density at radius 3 is 2.52 bits per heavy atom. The van der Waals surface area contributed by atoms with E-state index < -0.39 is 0 Å². The Hall–Kier alpha value is -2.68. The normalized spacial score (nSPS) is 14.4. The zero-order valence-corrected chi connectivity index (χ0v) is 20.3. The van der Waals surface area contributed by atoms with Crippen molar-refractivity contribution in [3.05, 3.63) is 47.5 Å². The van der Waals surface area contributed by atoms with Crippen LogP contribution >= 0.6 is 11.3 Å². The lowest BCUT2D eigenvalue weighted by Gasteiger charge is -2.29. The molecule has 0 aliphatic carbocycles. The minimum absolute atomic E-state index is 0.0506. The van der Waals surface area contributed by atoms with Crippen molar-refractivity contribution in [2.75, 3.05) is 57.5 Å². The predicted molar refractivity (Wildman–Crippen MR) is 132 cm³/mol. The summed E-state index contributed by atoms with van der Waals surface area (Å²) in [5.74, 6) is 1.31. The molecular weight excluding hydrogens is 438 g/mol. The average molecular weight is 470 g/mol. The molecule has 8 heteroatoms. The van der Waals surface area contributed by atoms with Crippen LogP contribution in [0, 0.1) is 13.8 Å². The van der Waals surface area contributed by atoms with Gasteiger partial charge in [-0.2, -0.15) is 0 Å². The first-order chi connectivity index (χ1) is 16.0. The fourth-order valence-electron chi connectivity index (χ4n) is 3.90. The molecule has 1 aromatic heterocycles. The van der Waals surface area contributed by atoms with Crippen molar-refractivity contribution >= 4 is 32.6 Å². The van der Waals surface area contributed by atoms with Gasteiger partial charge in [0.1, 0.15) is 11.5 Å². The monoisotopic (exact) mass is 469 g/mol. The molecule has 0 spiro atoms. The number of thiazole rings is 1. The lowest BCUT2D eigenvalue weighted by molar-refractivity contribution is -0.120. The van der Waals surface area contributed by atoms with Crippen molar-refractivity contribution in [2.24, 2.45) is 0 Å². The van der Waals surface area contributed by atoms with Gasteiger partial charge in [-0.05, 0) is 62.2 Å². The van der Waals surface area contributed by atoms with Crippen molar-refractivity contribution in [3.8, 4) is 11.5 Å². The van der Waals surface area contributed by atoms with Gasteiger partial charge in [0.15, 0.2) is 11.7 Å². The molecule has 7 nitrogen and oxygen atoms in total. The highest BCUT2D eigenvalue weighted by Crippen LogP contribution is 2.32. The first-order valence-corrected chi connectivity index (χ1v) is 12.2. The van der Waals surface area contributed by atoms with Crippen LogP contribution in [0.25, 0.3) is 10.2 Å². The van der Waals surface area contributed by atoms with Crippen molar-refractivity contribution in [1.82, 2.24) is 9.88 Å². The van der Waals surface area contributed by atoms with Gasteiger partial charge in [0, 0.05) is 26.2 Å². The first kappa shape index (κ1) is 23.5. The highest BCUT2D eigenvalue weighted by molar-refractivity contribution is 7.22. The maximum atomic E-state index is 13.3. The van der Waals surface area contributed by atoms with Gasteiger partial charge < -0.3 is 14.2 Å². The standard InChI is InChI=1S/C25H31N3O4S/c1-4-31-20-5-7-21(8-6-20)32-17-23(29)28(10-9-27-11-13-30-14-12-27)25-26-22-16-18(2)15-19(3)24(22)33-25/h5-8,15-16H,4,9-14,17H2,1-3H3. The zero-order chi connectivity index (χ0) is 23.2. The second kappa shape index (κ2) is 11.0. The van der Waals surface area contributed by atoms with Gasteiger partial charge in [0.2, 0.25) is 0 Å². The molecule has 0 N–H and O–H groups in total. The average Bonchev–Trinajstić information content (AvgIpc) is 3.23. The molecule has 3 aromatic rings. The molecule has 0 unspecified atom stereocenters. The number of fused-ring (bicyclic) bond motifs is 1. The largest absolute Gasteiger partial charge is 0.494 e. The number of aromatic nitrogens is 1. The zero-order valence-electron chi connectivity index (χ0n) is 19.5. The van der Waals surface area contributed by atoms with Crippen LogP contribution in [0.3, 0.4) is 0 Å². The van der Waals surface area contributed by atoms with Crippen molar-refractivity contribution in [2.45, 2.75) is 20.8 Å². The fourth-order valence-corrected chi connectivity index (χ4v) is 4.95. The molecule has 2 heterocycles. The number of amides is 1. The van der Waals surface area contributed by atoms with E-state index in [9.17, 15) is 4.79 Å². The highest BCUT2D eigenvalue weighted by atomic mass is 32.1. The van der Waals surface area contributed by atoms with Crippen LogP contribution in [0.2, 0.25) is 0 Å². The lowest BCUT2D eigenvalue weighted by Crippen LogP contribution is -2.44. The van der Waals surface area contributed by atoms with Gasteiger partial charge in [-0.15, -0.1) is 0 Å². The Balaban J connectivity index is 1.50. The first-order valence-electron chi connectivity index (χ1n) is 11.4. The number of benzene rings is 2. The number of aryl methyl sites for hydroxylation is 2. The van der Waals surface area contributed by atoms with Crippen LogP contribution in [0.5, 0.6) is 11.5 Å². The summed E-state index contributed by atoms with van der Waals surface area (Å²) < 4.78 is 17.8. The summed E-state index contributed by atoms with van der Waals surface area (Å²) in [5.41, 5.74) is 3.28. The summed E-state index contributed by atoms with van der Waals surface area (Å²) >= 11 is 1.56. The van der Waals surface area contributed by atoms with Crippen LogP contribution < -0.4 is 14.4 Å². The fraction of sp³-hybridized carbons (Fsp3) is 0.440. The highest BCUT2D eigenvalue weighted by Gasteiger charge is 2.22. The molecule has 1 aliphatic rings. The third-order valence-corrected chi connectivity index (χ3v) is 6.81. The van der Waals surface area contributed by atoms with E-state index in [1.807, 2.05) is 31.2 Å². The number of ether oxygens (including phenoxy) is 3. The van der Waals surface area contributed by atoms with E-state index in [0.717, 1.165) is 48.8 Å². The van der Waals surface area contributed by atoms with Gasteiger partial charge in [0.25, 0.3) is 5.91 Å². The number of carbonyl (C=O) groups excluding carboxylic acids is 1. The second-order valence-electron chi connectivity index (χ2n) is 8.12. The van der Waals surface area contributed by atoms with Crippen molar-refractivity contribution in [1.29, 1.82) is 0 Å². The number of carbonyl (C=O) groups is 1. The van der Waals surface area contributed by atoms with Crippen molar-refractivity contribution in [3.63, 3.8) is 0 Å². The molecule has 0 radical (unpaired) electrons. The maximum Gasteiger partial charge on any atom is 0.266 e.